The van der Waals surface area contributed by atoms with Crippen LogP contribution in [0.1, 0.15) is 88.2 Å². The van der Waals surface area contributed by atoms with Crippen molar-refractivity contribution < 1.29 is 38.2 Å². The van der Waals surface area contributed by atoms with Crippen LogP contribution in [0.25, 0.3) is 0 Å². The Morgan fingerprint density at radius 1 is 0.493 bits per heavy atom. The third kappa shape index (κ3) is 14.1. The molecule has 69 heavy (non-hydrogen) atoms. The average Bonchev–Trinajstić information content (AvgIpc) is 3.29. The van der Waals surface area contributed by atoms with Crippen LogP contribution in [0.4, 0.5) is 34.1 Å². The van der Waals surface area contributed by atoms with Crippen LogP contribution in [0.2, 0.25) is 10.0 Å². The van der Waals surface area contributed by atoms with Gasteiger partial charge in [0.1, 0.15) is 22.9 Å². The Bertz CT molecular complexity index is 2860. The van der Waals surface area contributed by atoms with E-state index in [2.05, 4.69) is 41.7 Å². The van der Waals surface area contributed by atoms with Gasteiger partial charge in [-0.25, -0.2) is 0 Å². The summed E-state index contributed by atoms with van der Waals surface area (Å²) < 4.78 is 10.8. The lowest BCUT2D eigenvalue weighted by Crippen LogP contribution is -2.32. The molecule has 0 aliphatic rings. The Morgan fingerprint density at radius 2 is 0.884 bits per heavy atom. The summed E-state index contributed by atoms with van der Waals surface area (Å²) in [4.78, 5) is 78.8. The third-order valence-corrected chi connectivity index (χ3v) is 11.4. The van der Waals surface area contributed by atoms with E-state index in [9.17, 15) is 28.8 Å². The van der Waals surface area contributed by atoms with Crippen molar-refractivity contribution in [2.75, 3.05) is 35.5 Å². The minimum Gasteiger partial charge on any atom is -0.496 e. The highest BCUT2D eigenvalue weighted by molar-refractivity contribution is 6.33. The van der Waals surface area contributed by atoms with Crippen LogP contribution in [-0.2, 0) is 19.2 Å². The number of methoxy groups -OCH3 is 2. The molecular formula is C48H45Cl5N8O8. The van der Waals surface area contributed by atoms with Gasteiger partial charge in [0.2, 0.25) is 12.1 Å². The summed E-state index contributed by atoms with van der Waals surface area (Å²) in [5, 5.41) is 25.6. The summed E-state index contributed by atoms with van der Waals surface area (Å²) >= 11 is 31.7. The van der Waals surface area contributed by atoms with Crippen molar-refractivity contribution in [3.63, 3.8) is 0 Å². The van der Waals surface area contributed by atoms with E-state index in [0.29, 0.717) is 28.4 Å². The number of alkyl halides is 3. The number of rotatable bonds is 19. The summed E-state index contributed by atoms with van der Waals surface area (Å²) in [6.45, 7) is 7.49. The van der Waals surface area contributed by atoms with Gasteiger partial charge in [0.25, 0.3) is 23.6 Å². The lowest BCUT2D eigenvalue weighted by atomic mass is 10.1. The number of Topliss-reactive ketones (excluding diaryl/α,β-unsaturated/α-hetero) is 2. The molecular weight excluding hydrogens is 994 g/mol. The van der Waals surface area contributed by atoms with Gasteiger partial charge in [-0.2, -0.15) is 20.5 Å². The first-order valence-electron chi connectivity index (χ1n) is 20.8. The maximum Gasteiger partial charge on any atom is 0.258 e. The topological polar surface area (TPSA) is 218 Å². The van der Waals surface area contributed by atoms with Crippen LogP contribution in [-0.4, -0.2) is 61.5 Å². The van der Waals surface area contributed by atoms with Gasteiger partial charge < -0.3 is 30.7 Å². The number of amides is 4. The standard InChI is InChI=1S/C48H45Cl5N8O8/c1-23(49)33-13-10-31(21-41(33)68-6)54-45(64)28-8-15-36(52)39(18-28)58-60-43(26(4)62)47(66)56-30-12-17-38(35(20-30)25(3)51)57-48(67)44(27(5)63)61-59-40-19-29(9-16-37(40)53)46(65)55-32-11-14-34(24(2)50)42(22-32)69-7/h8-25,43-44H,1-7H3,(H,54,64)(H,55,65)(H,56,66)(H,57,67). The van der Waals surface area contributed by atoms with Crippen LogP contribution in [0.3, 0.4) is 0 Å². The van der Waals surface area contributed by atoms with Gasteiger partial charge >= 0.3 is 0 Å². The maximum absolute atomic E-state index is 13.6. The molecule has 16 nitrogen and oxygen atoms in total. The van der Waals surface area contributed by atoms with Gasteiger partial charge in [0.05, 0.1) is 40.4 Å². The van der Waals surface area contributed by atoms with Crippen LogP contribution >= 0.6 is 58.0 Å². The van der Waals surface area contributed by atoms with E-state index in [1.54, 1.807) is 57.2 Å². The fraction of sp³-hybridized carbons (Fsp3) is 0.250. The maximum atomic E-state index is 13.6. The highest BCUT2D eigenvalue weighted by Crippen LogP contribution is 2.35. The summed E-state index contributed by atoms with van der Waals surface area (Å²) in [7, 11) is 2.98. The zero-order chi connectivity index (χ0) is 50.7. The van der Waals surface area contributed by atoms with Gasteiger partial charge in [-0.3, -0.25) is 28.8 Å². The molecule has 360 valence electrons. The molecule has 5 atom stereocenters. The molecule has 0 aliphatic carbocycles. The fourth-order valence-electron chi connectivity index (χ4n) is 6.47. The van der Waals surface area contributed by atoms with Gasteiger partial charge in [-0.05, 0) is 107 Å². The monoisotopic (exact) mass is 1040 g/mol. The van der Waals surface area contributed by atoms with E-state index in [1.807, 2.05) is 0 Å². The van der Waals surface area contributed by atoms with Crippen LogP contribution in [0.15, 0.2) is 111 Å². The molecule has 0 aliphatic heterocycles. The van der Waals surface area contributed by atoms with Crippen molar-refractivity contribution >= 4 is 127 Å². The molecule has 21 heteroatoms. The Morgan fingerprint density at radius 3 is 1.28 bits per heavy atom. The first kappa shape index (κ1) is 53.5. The van der Waals surface area contributed by atoms with Crippen LogP contribution in [0, 0.1) is 0 Å². The molecule has 5 unspecified atom stereocenters. The molecule has 0 radical (unpaired) electrons. The van der Waals surface area contributed by atoms with Gasteiger partial charge in [-0.15, -0.1) is 34.8 Å². The molecule has 0 fully saturated rings. The summed E-state index contributed by atoms with van der Waals surface area (Å²) in [5.74, 6) is -3.12. The number of anilines is 4. The highest BCUT2D eigenvalue weighted by Gasteiger charge is 2.27. The van der Waals surface area contributed by atoms with Crippen molar-refractivity contribution in [3.8, 4) is 11.5 Å². The first-order valence-corrected chi connectivity index (χ1v) is 22.9. The molecule has 0 saturated carbocycles. The number of hydrogen-bond acceptors (Lipinski definition) is 12. The minimum absolute atomic E-state index is 0.00658. The molecule has 0 saturated heterocycles. The lowest BCUT2D eigenvalue weighted by Gasteiger charge is -2.17. The predicted molar refractivity (Wildman–Crippen MR) is 269 cm³/mol. The van der Waals surface area contributed by atoms with Crippen LogP contribution in [0.5, 0.6) is 11.5 Å². The molecule has 5 aromatic rings. The molecule has 5 aromatic carbocycles. The molecule has 0 spiro atoms. The predicted octanol–water partition coefficient (Wildman–Crippen LogP) is 12.8. The van der Waals surface area contributed by atoms with Crippen molar-refractivity contribution in [2.45, 2.75) is 62.8 Å². The van der Waals surface area contributed by atoms with Crippen LogP contribution < -0.4 is 30.7 Å². The van der Waals surface area contributed by atoms with E-state index in [4.69, 9.17) is 67.5 Å². The normalized spacial score (nSPS) is 13.4. The van der Waals surface area contributed by atoms with Crippen molar-refractivity contribution in [2.24, 2.45) is 20.5 Å². The second-order valence-corrected chi connectivity index (χ2v) is 18.0. The average molecular weight is 1040 g/mol. The number of halogens is 5. The third-order valence-electron chi connectivity index (χ3n) is 10.1. The molecule has 4 amide bonds. The van der Waals surface area contributed by atoms with Crippen molar-refractivity contribution in [3.05, 3.63) is 129 Å². The Labute approximate surface area is 422 Å². The molecule has 4 N–H and O–H groups in total. The number of azo groups is 2. The Hall–Kier alpha value is -6.43. The first-order chi connectivity index (χ1) is 32.7. The molecule has 0 heterocycles. The highest BCUT2D eigenvalue weighted by atomic mass is 35.5. The van der Waals surface area contributed by atoms with Crippen molar-refractivity contribution in [1.82, 2.24) is 0 Å². The number of nitrogens with zero attached hydrogens (tertiary/aromatic N) is 4. The molecule has 0 aromatic heterocycles. The van der Waals surface area contributed by atoms with E-state index >= 15 is 0 Å². The van der Waals surface area contributed by atoms with E-state index < -0.39 is 52.7 Å². The lowest BCUT2D eigenvalue weighted by molar-refractivity contribution is -0.127. The number of carbonyl (C=O) groups excluding carboxylic acids is 6. The van der Waals surface area contributed by atoms with Crippen molar-refractivity contribution in [1.29, 1.82) is 0 Å². The SMILES string of the molecule is COc1cc(NC(=O)c2ccc(Cl)c(N=NC(C(C)=O)C(=O)Nc3ccc(NC(=O)C(N=Nc4cc(C(=O)Nc5ccc(C(C)Cl)c(OC)c5)ccc4Cl)C(C)=O)c(C(C)Cl)c3)c2)ccc1C(C)Cl. The number of hydrogen-bond donors (Lipinski definition) is 4. The Balaban J connectivity index is 1.28. The second-order valence-electron chi connectivity index (χ2n) is 15.2. The quantitative estimate of drug-likeness (QED) is 0.0353. The number of benzene rings is 5. The number of nitrogens with one attached hydrogen (secondary N) is 4. The fourth-order valence-corrected chi connectivity index (χ4v) is 7.33. The summed E-state index contributed by atoms with van der Waals surface area (Å²) in [6.07, 6.45) is 0. The Kier molecular flexibility index (Phi) is 18.8. The number of ketones is 2. The molecule has 5 rings (SSSR count). The zero-order valence-corrected chi connectivity index (χ0v) is 41.8. The number of carbonyl (C=O) groups is 6. The van der Waals surface area contributed by atoms with E-state index in [-0.39, 0.29) is 54.7 Å². The van der Waals surface area contributed by atoms with E-state index in [1.165, 1.54) is 68.8 Å². The van der Waals surface area contributed by atoms with Gasteiger partial charge in [0.15, 0.2) is 11.6 Å². The smallest absolute Gasteiger partial charge is 0.258 e. The largest absolute Gasteiger partial charge is 0.496 e. The summed E-state index contributed by atoms with van der Waals surface area (Å²) in [6, 6.07) is 19.6. The minimum atomic E-state index is -1.65. The summed E-state index contributed by atoms with van der Waals surface area (Å²) in [5.41, 5.74) is 3.33. The van der Waals surface area contributed by atoms with Gasteiger partial charge in [-0.1, -0.05) is 35.3 Å². The number of ether oxygens (including phenoxy) is 2. The van der Waals surface area contributed by atoms with Gasteiger partial charge in [0, 0.05) is 57.1 Å². The van der Waals surface area contributed by atoms with E-state index in [0.717, 1.165) is 25.0 Å². The zero-order valence-electron chi connectivity index (χ0n) is 38.0. The second kappa shape index (κ2) is 24.2. The molecule has 0 bridgehead atoms.